The van der Waals surface area contributed by atoms with E-state index < -0.39 is 29.3 Å². The van der Waals surface area contributed by atoms with E-state index in [0.717, 1.165) is 24.3 Å². The van der Waals surface area contributed by atoms with Crippen LogP contribution in [0.3, 0.4) is 0 Å². The number of carbonyl (C=O) groups excluding carboxylic acids is 3. The zero-order chi connectivity index (χ0) is 24.3. The molecule has 0 fully saturated rings. The van der Waals surface area contributed by atoms with Crippen molar-refractivity contribution in [1.82, 2.24) is 0 Å². The number of phenolic OH excluding ortho intramolecular Hbond substituents is 1. The number of benzene rings is 3. The average molecular weight is 456 g/mol. The van der Waals surface area contributed by atoms with E-state index in [0.29, 0.717) is 0 Å². The highest BCUT2D eigenvalue weighted by atomic mass is 19.4. The van der Waals surface area contributed by atoms with E-state index in [1.807, 2.05) is 0 Å². The molecule has 0 spiro atoms. The van der Waals surface area contributed by atoms with Crippen LogP contribution in [0, 0.1) is 6.92 Å². The van der Waals surface area contributed by atoms with Gasteiger partial charge in [0.15, 0.2) is 11.6 Å². The molecule has 0 unspecified atom stereocenters. The molecule has 0 saturated carbocycles. The standard InChI is InChI=1S/C25H19F3O5/c1-3-33-24(32)20-13-16(23(31)18-6-4-5-7-21(18)29)12-19(14(20)2)22(30)15-8-10-17(11-9-15)25(26,27)28/h4-13,29H,3H2,1-2H3. The van der Waals surface area contributed by atoms with Crippen LogP contribution >= 0.6 is 0 Å². The van der Waals surface area contributed by atoms with Gasteiger partial charge in [0.05, 0.1) is 23.3 Å². The third-order valence-electron chi connectivity index (χ3n) is 5.03. The first-order valence-corrected chi connectivity index (χ1v) is 9.91. The summed E-state index contributed by atoms with van der Waals surface area (Å²) in [5.74, 6) is -2.35. The molecule has 3 rings (SSSR count). The highest BCUT2D eigenvalue weighted by Crippen LogP contribution is 2.30. The second-order valence-electron chi connectivity index (χ2n) is 7.17. The minimum Gasteiger partial charge on any atom is -0.507 e. The summed E-state index contributed by atoms with van der Waals surface area (Å²) in [6.45, 7) is 3.13. The maximum Gasteiger partial charge on any atom is 0.416 e. The lowest BCUT2D eigenvalue weighted by molar-refractivity contribution is -0.137. The minimum absolute atomic E-state index is 0.0339. The molecule has 0 radical (unpaired) electrons. The lowest BCUT2D eigenvalue weighted by Crippen LogP contribution is -2.15. The van der Waals surface area contributed by atoms with E-state index in [1.165, 1.54) is 37.3 Å². The van der Waals surface area contributed by atoms with Gasteiger partial charge in [-0.05, 0) is 55.8 Å². The molecule has 170 valence electrons. The zero-order valence-electron chi connectivity index (χ0n) is 17.7. The number of ketones is 2. The second kappa shape index (κ2) is 9.28. The second-order valence-corrected chi connectivity index (χ2v) is 7.17. The number of alkyl halides is 3. The smallest absolute Gasteiger partial charge is 0.416 e. The molecule has 0 atom stereocenters. The molecular weight excluding hydrogens is 437 g/mol. The van der Waals surface area contributed by atoms with Gasteiger partial charge in [-0.1, -0.05) is 24.3 Å². The lowest BCUT2D eigenvalue weighted by Gasteiger charge is -2.14. The Hall–Kier alpha value is -3.94. The number of rotatable bonds is 6. The number of para-hydroxylation sites is 1. The fraction of sp³-hybridized carbons (Fsp3) is 0.160. The molecule has 0 amide bonds. The Labute approximate surface area is 187 Å². The number of carbonyl (C=O) groups is 3. The largest absolute Gasteiger partial charge is 0.507 e. The maximum absolute atomic E-state index is 13.1. The highest BCUT2D eigenvalue weighted by molar-refractivity contribution is 6.16. The lowest BCUT2D eigenvalue weighted by atomic mass is 9.90. The third-order valence-corrected chi connectivity index (χ3v) is 5.03. The summed E-state index contributed by atoms with van der Waals surface area (Å²) in [7, 11) is 0. The van der Waals surface area contributed by atoms with Crippen LogP contribution in [-0.2, 0) is 10.9 Å². The molecule has 3 aromatic carbocycles. The van der Waals surface area contributed by atoms with Crippen LogP contribution in [0.15, 0.2) is 60.7 Å². The van der Waals surface area contributed by atoms with Gasteiger partial charge >= 0.3 is 12.1 Å². The number of aromatic hydroxyl groups is 1. The van der Waals surface area contributed by atoms with E-state index in [2.05, 4.69) is 0 Å². The molecule has 0 aliphatic carbocycles. The Balaban J connectivity index is 2.14. The number of phenols is 1. The monoisotopic (exact) mass is 456 g/mol. The number of esters is 1. The van der Waals surface area contributed by atoms with Crippen molar-refractivity contribution in [2.45, 2.75) is 20.0 Å². The van der Waals surface area contributed by atoms with Gasteiger partial charge < -0.3 is 9.84 Å². The summed E-state index contributed by atoms with van der Waals surface area (Å²) in [6.07, 6.45) is -4.56. The van der Waals surface area contributed by atoms with Gasteiger partial charge in [0.2, 0.25) is 0 Å². The molecule has 0 aliphatic rings. The van der Waals surface area contributed by atoms with Gasteiger partial charge in [-0.25, -0.2) is 4.79 Å². The summed E-state index contributed by atoms with van der Waals surface area (Å²) < 4.78 is 43.6. The summed E-state index contributed by atoms with van der Waals surface area (Å²) >= 11 is 0. The average Bonchev–Trinajstić information content (AvgIpc) is 2.78. The Morgan fingerprint density at radius 1 is 0.848 bits per heavy atom. The summed E-state index contributed by atoms with van der Waals surface area (Å²) in [4.78, 5) is 38.7. The molecular formula is C25H19F3O5. The molecule has 1 N–H and O–H groups in total. The first-order valence-electron chi connectivity index (χ1n) is 9.91. The predicted octanol–water partition coefficient (Wildman–Crippen LogP) is 5.36. The minimum atomic E-state index is -4.56. The van der Waals surface area contributed by atoms with Crippen LogP contribution in [0.25, 0.3) is 0 Å². The number of halogens is 3. The maximum atomic E-state index is 13.1. The number of hydrogen-bond donors (Lipinski definition) is 1. The molecule has 0 aliphatic heterocycles. The van der Waals surface area contributed by atoms with Gasteiger partial charge in [0.1, 0.15) is 5.75 Å². The topological polar surface area (TPSA) is 80.7 Å². The number of ether oxygens (including phenoxy) is 1. The van der Waals surface area contributed by atoms with E-state index in [9.17, 15) is 32.7 Å². The molecule has 0 aromatic heterocycles. The quantitative estimate of drug-likeness (QED) is 0.399. The summed E-state index contributed by atoms with van der Waals surface area (Å²) in [5, 5.41) is 10.0. The Kier molecular flexibility index (Phi) is 6.67. The van der Waals surface area contributed by atoms with E-state index in [4.69, 9.17) is 4.74 Å². The first-order chi connectivity index (χ1) is 15.5. The van der Waals surface area contributed by atoms with Crippen LogP contribution in [0.1, 0.15) is 60.3 Å². The van der Waals surface area contributed by atoms with Crippen LogP contribution < -0.4 is 0 Å². The fourth-order valence-electron chi connectivity index (χ4n) is 3.29. The Morgan fingerprint density at radius 2 is 1.42 bits per heavy atom. The van der Waals surface area contributed by atoms with E-state index in [-0.39, 0.29) is 45.7 Å². The van der Waals surface area contributed by atoms with Crippen LogP contribution in [0.5, 0.6) is 5.75 Å². The van der Waals surface area contributed by atoms with E-state index in [1.54, 1.807) is 13.0 Å². The van der Waals surface area contributed by atoms with Gasteiger partial charge in [0.25, 0.3) is 0 Å². The van der Waals surface area contributed by atoms with Crippen molar-refractivity contribution >= 4 is 17.5 Å². The van der Waals surface area contributed by atoms with Crippen molar-refractivity contribution < 1.29 is 37.4 Å². The zero-order valence-corrected chi connectivity index (χ0v) is 17.7. The molecule has 8 heteroatoms. The molecule has 33 heavy (non-hydrogen) atoms. The van der Waals surface area contributed by atoms with Gasteiger partial charge in [0, 0.05) is 16.7 Å². The Bertz CT molecular complexity index is 1230. The van der Waals surface area contributed by atoms with Crippen LogP contribution in [0.4, 0.5) is 13.2 Å². The van der Waals surface area contributed by atoms with E-state index >= 15 is 0 Å². The highest BCUT2D eigenvalue weighted by Gasteiger charge is 2.30. The predicted molar refractivity (Wildman–Crippen MR) is 114 cm³/mol. The van der Waals surface area contributed by atoms with Crippen molar-refractivity contribution in [3.05, 3.63) is 99.6 Å². The summed E-state index contributed by atoms with van der Waals surface area (Å²) in [5.41, 5.74) is -0.913. The van der Waals surface area contributed by atoms with Crippen molar-refractivity contribution in [1.29, 1.82) is 0 Å². The molecule has 3 aromatic rings. The van der Waals surface area contributed by atoms with Crippen LogP contribution in [-0.4, -0.2) is 29.2 Å². The van der Waals surface area contributed by atoms with Gasteiger partial charge in [-0.2, -0.15) is 13.2 Å². The fourth-order valence-corrected chi connectivity index (χ4v) is 3.29. The van der Waals surface area contributed by atoms with Crippen molar-refractivity contribution in [3.63, 3.8) is 0 Å². The summed E-state index contributed by atoms with van der Waals surface area (Å²) in [6, 6.07) is 11.9. The SMILES string of the molecule is CCOC(=O)c1cc(C(=O)c2ccccc2O)cc(C(=O)c2ccc(C(F)(F)F)cc2)c1C. The molecule has 0 saturated heterocycles. The first kappa shape index (κ1) is 23.7. The van der Waals surface area contributed by atoms with Gasteiger partial charge in [-0.3, -0.25) is 9.59 Å². The van der Waals surface area contributed by atoms with Crippen molar-refractivity contribution in [3.8, 4) is 5.75 Å². The Morgan fingerprint density at radius 3 is 2.00 bits per heavy atom. The van der Waals surface area contributed by atoms with Crippen molar-refractivity contribution in [2.75, 3.05) is 6.61 Å². The molecule has 5 nitrogen and oxygen atoms in total. The normalized spacial score (nSPS) is 11.2. The van der Waals surface area contributed by atoms with Crippen LogP contribution in [0.2, 0.25) is 0 Å². The van der Waals surface area contributed by atoms with Gasteiger partial charge in [-0.15, -0.1) is 0 Å². The molecule has 0 bridgehead atoms. The number of hydrogen-bond acceptors (Lipinski definition) is 5. The molecule has 0 heterocycles. The van der Waals surface area contributed by atoms with Crippen molar-refractivity contribution in [2.24, 2.45) is 0 Å². The third kappa shape index (κ3) is 4.95.